The Balaban J connectivity index is 1.54. The lowest BCUT2D eigenvalue weighted by Gasteiger charge is -2.32. The first-order valence-electron chi connectivity index (χ1n) is 8.10. The number of hydrogen-bond donors (Lipinski definition) is 1. The average Bonchev–Trinajstić information content (AvgIpc) is 2.59. The van der Waals surface area contributed by atoms with Crippen molar-refractivity contribution in [2.24, 2.45) is 0 Å². The van der Waals surface area contributed by atoms with Crippen LogP contribution in [0.2, 0.25) is 0 Å². The number of aryl methyl sites for hydroxylation is 1. The second-order valence-corrected chi connectivity index (χ2v) is 5.95. The van der Waals surface area contributed by atoms with Gasteiger partial charge in [-0.3, -0.25) is 4.79 Å². The number of likely N-dealkylation sites (tertiary alicyclic amines) is 1. The molecule has 0 aliphatic carbocycles. The number of carbonyl (C=O) groups excluding carboxylic acids is 1. The molecule has 2 aliphatic heterocycles. The molecular formula is C17H24N2O3. The van der Waals surface area contributed by atoms with Crippen LogP contribution in [-0.2, 0) is 11.2 Å². The van der Waals surface area contributed by atoms with Gasteiger partial charge < -0.3 is 19.7 Å². The van der Waals surface area contributed by atoms with Crippen molar-refractivity contribution in [2.45, 2.75) is 31.7 Å². The van der Waals surface area contributed by atoms with Crippen molar-refractivity contribution in [1.29, 1.82) is 0 Å². The third-order valence-electron chi connectivity index (χ3n) is 4.42. The number of carbonyl (C=O) groups is 1. The lowest BCUT2D eigenvalue weighted by Crippen LogP contribution is -2.47. The number of benzene rings is 1. The Hall–Kier alpha value is -1.75. The summed E-state index contributed by atoms with van der Waals surface area (Å²) < 4.78 is 11.1. The molecule has 5 heteroatoms. The molecule has 22 heavy (non-hydrogen) atoms. The zero-order chi connectivity index (χ0) is 15.4. The Labute approximate surface area is 131 Å². The highest BCUT2D eigenvalue weighted by atomic mass is 16.6. The number of nitrogens with one attached hydrogen (secondary N) is 1. The minimum absolute atomic E-state index is 0.245. The summed E-state index contributed by atoms with van der Waals surface area (Å²) in [6.07, 6.45) is 3.54. The summed E-state index contributed by atoms with van der Waals surface area (Å²) >= 11 is 0. The minimum Gasteiger partial charge on any atom is -0.486 e. The van der Waals surface area contributed by atoms with Crippen molar-refractivity contribution in [3.8, 4) is 11.5 Å². The van der Waals surface area contributed by atoms with E-state index in [1.165, 1.54) is 0 Å². The molecule has 1 amide bonds. The highest BCUT2D eigenvalue weighted by Crippen LogP contribution is 2.31. The van der Waals surface area contributed by atoms with Crippen LogP contribution in [0, 0.1) is 0 Å². The fourth-order valence-electron chi connectivity index (χ4n) is 3.09. The maximum Gasteiger partial charge on any atom is 0.222 e. The predicted octanol–water partition coefficient (Wildman–Crippen LogP) is 1.60. The second kappa shape index (κ2) is 7.01. The summed E-state index contributed by atoms with van der Waals surface area (Å²) in [5.41, 5.74) is 1.12. The summed E-state index contributed by atoms with van der Waals surface area (Å²) in [7, 11) is 1.97. The molecule has 0 spiro atoms. The minimum atomic E-state index is 0.245. The topological polar surface area (TPSA) is 50.8 Å². The van der Waals surface area contributed by atoms with Crippen molar-refractivity contribution >= 4 is 5.91 Å². The van der Waals surface area contributed by atoms with Crippen LogP contribution in [-0.4, -0.2) is 50.2 Å². The van der Waals surface area contributed by atoms with Crippen LogP contribution in [0.4, 0.5) is 0 Å². The average molecular weight is 304 g/mol. The second-order valence-electron chi connectivity index (χ2n) is 5.95. The van der Waals surface area contributed by atoms with E-state index in [4.69, 9.17) is 9.47 Å². The number of amides is 1. The summed E-state index contributed by atoms with van der Waals surface area (Å²) in [6, 6.07) is 6.39. The van der Waals surface area contributed by atoms with Crippen molar-refractivity contribution in [1.82, 2.24) is 10.2 Å². The van der Waals surface area contributed by atoms with Crippen LogP contribution in [0.1, 0.15) is 24.8 Å². The van der Waals surface area contributed by atoms with E-state index in [1.807, 2.05) is 30.1 Å². The first-order chi connectivity index (χ1) is 10.8. The van der Waals surface area contributed by atoms with Crippen molar-refractivity contribution < 1.29 is 14.3 Å². The van der Waals surface area contributed by atoms with E-state index in [1.54, 1.807) is 0 Å². The van der Waals surface area contributed by atoms with Crippen molar-refractivity contribution in [3.05, 3.63) is 23.8 Å². The van der Waals surface area contributed by atoms with Gasteiger partial charge in [-0.05, 0) is 44.0 Å². The fourth-order valence-corrected chi connectivity index (χ4v) is 3.09. The zero-order valence-corrected chi connectivity index (χ0v) is 13.1. The molecular weight excluding hydrogens is 280 g/mol. The van der Waals surface area contributed by atoms with E-state index in [-0.39, 0.29) is 5.91 Å². The van der Waals surface area contributed by atoms with E-state index < -0.39 is 0 Å². The summed E-state index contributed by atoms with van der Waals surface area (Å²) in [5.74, 6) is 1.84. The predicted molar refractivity (Wildman–Crippen MR) is 84.4 cm³/mol. The normalized spacial score (nSPS) is 20.8. The van der Waals surface area contributed by atoms with E-state index >= 15 is 0 Å². The maximum absolute atomic E-state index is 12.4. The first kappa shape index (κ1) is 15.2. The Bertz CT molecular complexity index is 533. The first-order valence-corrected chi connectivity index (χ1v) is 8.10. The molecule has 0 aromatic heterocycles. The highest BCUT2D eigenvalue weighted by molar-refractivity contribution is 5.76. The molecule has 1 unspecified atom stereocenters. The van der Waals surface area contributed by atoms with Gasteiger partial charge in [0.25, 0.3) is 0 Å². The van der Waals surface area contributed by atoms with Crippen LogP contribution in [0.3, 0.4) is 0 Å². The molecule has 3 rings (SSSR count). The van der Waals surface area contributed by atoms with Gasteiger partial charge in [-0.15, -0.1) is 0 Å². The summed E-state index contributed by atoms with van der Waals surface area (Å²) in [6.45, 7) is 2.91. The fraction of sp³-hybridized carbons (Fsp3) is 0.588. The van der Waals surface area contributed by atoms with Crippen LogP contribution in [0.5, 0.6) is 11.5 Å². The Morgan fingerprint density at radius 1 is 1.32 bits per heavy atom. The van der Waals surface area contributed by atoms with Gasteiger partial charge >= 0.3 is 0 Å². The molecule has 1 N–H and O–H groups in total. The van der Waals surface area contributed by atoms with E-state index in [0.29, 0.717) is 25.7 Å². The third-order valence-corrected chi connectivity index (χ3v) is 4.42. The Morgan fingerprint density at radius 2 is 2.14 bits per heavy atom. The molecule has 1 fully saturated rings. The van der Waals surface area contributed by atoms with E-state index in [2.05, 4.69) is 5.32 Å². The van der Waals surface area contributed by atoms with Gasteiger partial charge in [-0.1, -0.05) is 6.07 Å². The number of rotatable bonds is 4. The lowest BCUT2D eigenvalue weighted by atomic mass is 10.0. The number of likely N-dealkylation sites (N-methyl/N-ethyl adjacent to an activating group) is 1. The van der Waals surface area contributed by atoms with E-state index in [0.717, 1.165) is 49.4 Å². The number of nitrogens with zero attached hydrogens (tertiary/aromatic N) is 1. The largest absolute Gasteiger partial charge is 0.486 e. The molecule has 2 heterocycles. The number of piperidine rings is 1. The van der Waals surface area contributed by atoms with Gasteiger partial charge in [0, 0.05) is 25.6 Å². The maximum atomic E-state index is 12.4. The van der Waals surface area contributed by atoms with Crippen LogP contribution in [0.15, 0.2) is 18.2 Å². The molecule has 2 aliphatic rings. The van der Waals surface area contributed by atoms with Gasteiger partial charge in [-0.2, -0.15) is 0 Å². The monoisotopic (exact) mass is 304 g/mol. The van der Waals surface area contributed by atoms with Gasteiger partial charge in [0.05, 0.1) is 0 Å². The SMILES string of the molecule is CNC1CCCN(C(=O)CCc2ccc3c(c2)OCCO3)C1. The van der Waals surface area contributed by atoms with Crippen LogP contribution >= 0.6 is 0 Å². The molecule has 0 saturated carbocycles. The summed E-state index contributed by atoms with van der Waals surface area (Å²) in [5, 5.41) is 3.27. The van der Waals surface area contributed by atoms with E-state index in [9.17, 15) is 4.79 Å². The molecule has 1 aromatic rings. The van der Waals surface area contributed by atoms with Crippen LogP contribution in [0.25, 0.3) is 0 Å². The molecule has 1 saturated heterocycles. The molecule has 120 valence electrons. The lowest BCUT2D eigenvalue weighted by molar-refractivity contribution is -0.132. The third kappa shape index (κ3) is 3.53. The standard InChI is InChI=1S/C17H24N2O3/c1-18-14-3-2-8-19(12-14)17(20)7-5-13-4-6-15-16(11-13)22-10-9-21-15/h4,6,11,14,18H,2-3,5,7-10,12H2,1H3. The highest BCUT2D eigenvalue weighted by Gasteiger charge is 2.22. The molecule has 5 nitrogen and oxygen atoms in total. The van der Waals surface area contributed by atoms with Crippen molar-refractivity contribution in [2.75, 3.05) is 33.4 Å². The Morgan fingerprint density at radius 3 is 2.95 bits per heavy atom. The smallest absolute Gasteiger partial charge is 0.222 e. The van der Waals surface area contributed by atoms with Gasteiger partial charge in [0.2, 0.25) is 5.91 Å². The van der Waals surface area contributed by atoms with Gasteiger partial charge in [0.15, 0.2) is 11.5 Å². The number of hydrogen-bond acceptors (Lipinski definition) is 4. The molecule has 1 aromatic carbocycles. The molecule has 1 atom stereocenters. The zero-order valence-electron chi connectivity index (χ0n) is 13.1. The number of fused-ring (bicyclic) bond motifs is 1. The Kier molecular flexibility index (Phi) is 4.83. The van der Waals surface area contributed by atoms with Crippen molar-refractivity contribution in [3.63, 3.8) is 0 Å². The summed E-state index contributed by atoms with van der Waals surface area (Å²) in [4.78, 5) is 14.4. The molecule has 0 radical (unpaired) electrons. The number of ether oxygens (including phenoxy) is 2. The molecule has 0 bridgehead atoms. The van der Waals surface area contributed by atoms with Crippen LogP contribution < -0.4 is 14.8 Å². The van der Waals surface area contributed by atoms with Gasteiger partial charge in [0.1, 0.15) is 13.2 Å². The quantitative estimate of drug-likeness (QED) is 0.918. The van der Waals surface area contributed by atoms with Gasteiger partial charge in [-0.25, -0.2) is 0 Å².